The number of amides is 1. The Morgan fingerprint density at radius 2 is 2.00 bits per heavy atom. The van der Waals surface area contributed by atoms with Crippen molar-refractivity contribution in [2.75, 3.05) is 11.4 Å². The number of benzene rings is 1. The molecule has 2 rings (SSSR count). The van der Waals surface area contributed by atoms with Crippen LogP contribution in [-0.2, 0) is 17.6 Å². The quantitative estimate of drug-likeness (QED) is 0.742. The van der Waals surface area contributed by atoms with Gasteiger partial charge in [-0.25, -0.2) is 0 Å². The Bertz CT molecular complexity index is 534. The van der Waals surface area contributed by atoms with Crippen molar-refractivity contribution in [2.24, 2.45) is 0 Å². The molecule has 2 nitrogen and oxygen atoms in total. The summed E-state index contributed by atoms with van der Waals surface area (Å²) in [4.78, 5) is 12.2. The number of halogens is 4. The number of carbonyl (C=O) groups excluding carboxylic acids is 1. The van der Waals surface area contributed by atoms with Crippen molar-refractivity contribution in [3.05, 3.63) is 29.3 Å². The summed E-state index contributed by atoms with van der Waals surface area (Å²) in [7, 11) is 0. The molecule has 0 aliphatic carbocycles. The van der Waals surface area contributed by atoms with E-state index in [1.807, 2.05) is 19.9 Å². The molecule has 0 saturated heterocycles. The first kappa shape index (κ1) is 15.4. The number of carbonyl (C=O) groups is 1. The molecule has 1 aromatic rings. The molecule has 1 aliphatic rings. The van der Waals surface area contributed by atoms with Crippen LogP contribution in [0.25, 0.3) is 0 Å². The fourth-order valence-electron chi connectivity index (χ4n) is 2.41. The molecule has 0 atom stereocenters. The number of nitrogens with zero attached hydrogens (tertiary/aromatic N) is 1. The van der Waals surface area contributed by atoms with Gasteiger partial charge in [-0.05, 0) is 43.9 Å². The lowest BCUT2D eigenvalue weighted by atomic mass is 10.00. The molecule has 0 fully saturated rings. The molecule has 0 spiro atoms. The van der Waals surface area contributed by atoms with E-state index in [1.165, 1.54) is 0 Å². The van der Waals surface area contributed by atoms with Gasteiger partial charge in [0.1, 0.15) is 0 Å². The number of alkyl halides is 4. The van der Waals surface area contributed by atoms with Gasteiger partial charge in [-0.1, -0.05) is 28.1 Å². The van der Waals surface area contributed by atoms with Crippen LogP contribution in [0, 0.1) is 0 Å². The molecule has 0 saturated carbocycles. The fraction of sp³-hybridized carbons (Fsp3) is 0.500. The van der Waals surface area contributed by atoms with E-state index >= 15 is 0 Å². The molecule has 110 valence electrons. The van der Waals surface area contributed by atoms with Crippen LogP contribution in [0.1, 0.15) is 25.0 Å². The normalized spacial score (nSPS) is 15.4. The third kappa shape index (κ3) is 3.34. The maximum Gasteiger partial charge on any atom is 0.471 e. The van der Waals surface area contributed by atoms with Gasteiger partial charge in [-0.2, -0.15) is 13.2 Å². The largest absolute Gasteiger partial charge is 0.471 e. The number of fused-ring (bicyclic) bond motifs is 1. The zero-order valence-electron chi connectivity index (χ0n) is 11.2. The Kier molecular flexibility index (Phi) is 3.88. The number of hydrogen-bond donors (Lipinski definition) is 0. The lowest BCUT2D eigenvalue weighted by molar-refractivity contribution is -0.170. The molecule has 0 unspecified atom stereocenters. The number of anilines is 1. The lowest BCUT2D eigenvalue weighted by Gasteiger charge is -2.20. The Labute approximate surface area is 124 Å². The van der Waals surface area contributed by atoms with Crippen molar-refractivity contribution in [3.8, 4) is 0 Å². The molecule has 1 aromatic carbocycles. The molecule has 1 amide bonds. The van der Waals surface area contributed by atoms with Crippen molar-refractivity contribution in [3.63, 3.8) is 0 Å². The summed E-state index contributed by atoms with van der Waals surface area (Å²) in [6, 6.07) is 5.28. The maximum atomic E-state index is 12.5. The molecule has 0 bridgehead atoms. The third-order valence-electron chi connectivity index (χ3n) is 3.15. The van der Waals surface area contributed by atoms with Crippen LogP contribution < -0.4 is 4.90 Å². The van der Waals surface area contributed by atoms with E-state index in [2.05, 4.69) is 15.9 Å². The van der Waals surface area contributed by atoms with E-state index in [0.29, 0.717) is 12.1 Å². The van der Waals surface area contributed by atoms with Gasteiger partial charge >= 0.3 is 12.1 Å². The minimum absolute atomic E-state index is 0.0681. The van der Waals surface area contributed by atoms with Crippen molar-refractivity contribution >= 4 is 27.5 Å². The number of hydrogen-bond acceptors (Lipinski definition) is 1. The van der Waals surface area contributed by atoms with Crippen molar-refractivity contribution < 1.29 is 18.0 Å². The smallest absolute Gasteiger partial charge is 0.304 e. The van der Waals surface area contributed by atoms with E-state index in [9.17, 15) is 18.0 Å². The Morgan fingerprint density at radius 3 is 2.55 bits per heavy atom. The summed E-state index contributed by atoms with van der Waals surface area (Å²) < 4.78 is 37.4. The van der Waals surface area contributed by atoms with Crippen molar-refractivity contribution in [1.29, 1.82) is 0 Å². The second-order valence-electron chi connectivity index (χ2n) is 5.56. The predicted octanol–water partition coefficient (Wildman–Crippen LogP) is 3.85. The Hall–Kier alpha value is -1.04. The van der Waals surface area contributed by atoms with Gasteiger partial charge in [0.15, 0.2) is 0 Å². The minimum atomic E-state index is -4.82. The first-order valence-electron chi connectivity index (χ1n) is 6.27. The van der Waals surface area contributed by atoms with Gasteiger partial charge in [-0.15, -0.1) is 0 Å². The highest BCUT2D eigenvalue weighted by atomic mass is 79.9. The Balaban J connectivity index is 2.25. The first-order chi connectivity index (χ1) is 9.08. The monoisotopic (exact) mass is 349 g/mol. The van der Waals surface area contributed by atoms with Crippen LogP contribution in [-0.4, -0.2) is 23.0 Å². The molecule has 6 heteroatoms. The van der Waals surface area contributed by atoms with Gasteiger partial charge in [-0.3, -0.25) is 4.79 Å². The molecular weight excluding hydrogens is 335 g/mol. The van der Waals surface area contributed by atoms with E-state index in [4.69, 9.17) is 0 Å². The summed E-state index contributed by atoms with van der Waals surface area (Å²) in [6.07, 6.45) is -3.58. The van der Waals surface area contributed by atoms with Gasteiger partial charge in [0.2, 0.25) is 0 Å². The molecule has 1 aliphatic heterocycles. The van der Waals surface area contributed by atoms with E-state index in [0.717, 1.165) is 22.4 Å². The van der Waals surface area contributed by atoms with E-state index in [-0.39, 0.29) is 10.9 Å². The highest BCUT2D eigenvalue weighted by molar-refractivity contribution is 9.10. The summed E-state index contributed by atoms with van der Waals surface area (Å²) in [5, 5.41) is 0. The van der Waals surface area contributed by atoms with Crippen LogP contribution in [0.5, 0.6) is 0 Å². The lowest BCUT2D eigenvalue weighted by Crippen LogP contribution is -2.40. The summed E-state index contributed by atoms with van der Waals surface area (Å²) in [5.41, 5.74) is 2.23. The van der Waals surface area contributed by atoms with E-state index < -0.39 is 12.1 Å². The fourth-order valence-corrected chi connectivity index (χ4v) is 2.74. The summed E-state index contributed by atoms with van der Waals surface area (Å²) >= 11 is 3.54. The van der Waals surface area contributed by atoms with Gasteiger partial charge in [0.25, 0.3) is 0 Å². The van der Waals surface area contributed by atoms with Crippen LogP contribution in [0.15, 0.2) is 18.2 Å². The predicted molar refractivity (Wildman–Crippen MR) is 75.3 cm³/mol. The van der Waals surface area contributed by atoms with Crippen LogP contribution in [0.4, 0.5) is 18.9 Å². The molecule has 1 heterocycles. The molecule has 20 heavy (non-hydrogen) atoms. The zero-order chi connectivity index (χ0) is 15.1. The first-order valence-corrected chi connectivity index (χ1v) is 7.07. The maximum absolute atomic E-state index is 12.5. The average Bonchev–Trinajstić information content (AvgIpc) is 2.67. The molecule has 0 aromatic heterocycles. The Morgan fingerprint density at radius 1 is 1.35 bits per heavy atom. The average molecular weight is 350 g/mol. The van der Waals surface area contributed by atoms with Crippen molar-refractivity contribution in [2.45, 2.75) is 37.2 Å². The summed E-state index contributed by atoms with van der Waals surface area (Å²) in [5.74, 6) is -1.79. The second-order valence-corrected chi connectivity index (χ2v) is 7.71. The third-order valence-corrected chi connectivity index (χ3v) is 3.43. The highest BCUT2D eigenvalue weighted by Gasteiger charge is 2.44. The molecule has 0 N–H and O–H groups in total. The zero-order valence-corrected chi connectivity index (χ0v) is 12.8. The standard InChI is InChI=1S/C14H15BrF3NO/c1-13(2,15)8-9-3-4-11-10(7-9)5-6-19(11)12(20)14(16,17)18/h3-4,7H,5-6,8H2,1-2H3. The van der Waals surface area contributed by atoms with Crippen LogP contribution in [0.3, 0.4) is 0 Å². The highest BCUT2D eigenvalue weighted by Crippen LogP contribution is 2.33. The molecular formula is C14H15BrF3NO. The summed E-state index contributed by atoms with van der Waals surface area (Å²) in [6.45, 7) is 4.15. The SMILES string of the molecule is CC(C)(Br)Cc1ccc2c(c1)CCN2C(=O)C(F)(F)F. The second kappa shape index (κ2) is 5.06. The van der Waals surface area contributed by atoms with Gasteiger partial charge in [0, 0.05) is 16.6 Å². The topological polar surface area (TPSA) is 20.3 Å². The minimum Gasteiger partial charge on any atom is -0.304 e. The van der Waals surface area contributed by atoms with E-state index in [1.54, 1.807) is 12.1 Å². The van der Waals surface area contributed by atoms with Crippen LogP contribution >= 0.6 is 15.9 Å². The van der Waals surface area contributed by atoms with Gasteiger partial charge in [0.05, 0.1) is 0 Å². The van der Waals surface area contributed by atoms with Crippen molar-refractivity contribution in [1.82, 2.24) is 0 Å². The number of rotatable bonds is 2. The van der Waals surface area contributed by atoms with Crippen LogP contribution in [0.2, 0.25) is 0 Å². The van der Waals surface area contributed by atoms with Gasteiger partial charge < -0.3 is 4.90 Å². The molecule has 0 radical (unpaired) electrons.